The van der Waals surface area contributed by atoms with Crippen molar-refractivity contribution in [2.75, 3.05) is 18.0 Å². The summed E-state index contributed by atoms with van der Waals surface area (Å²) in [5, 5.41) is 8.87. The number of hydrogen-bond acceptors (Lipinski definition) is 3. The number of pyridine rings is 1. The molecule has 0 atom stereocenters. The molecule has 2 aromatic rings. The molecule has 1 aromatic heterocycles. The van der Waals surface area contributed by atoms with E-state index in [0.29, 0.717) is 0 Å². The zero-order chi connectivity index (χ0) is 14.9. The number of hydrogen-bond donors (Lipinski definition) is 0. The SMILES string of the molecule is C[n+]1cccc(/N=N/c2cc3c4c(c2)CCCN4CCC3)c1. The topological polar surface area (TPSA) is 31.8 Å². The fraction of sp³-hybridized carbons (Fsp3) is 0.389. The van der Waals surface area contributed by atoms with E-state index in [9.17, 15) is 0 Å². The van der Waals surface area contributed by atoms with Crippen LogP contribution in [0.15, 0.2) is 46.9 Å². The van der Waals surface area contributed by atoms with Crippen LogP contribution in [-0.4, -0.2) is 13.1 Å². The summed E-state index contributed by atoms with van der Waals surface area (Å²) < 4.78 is 1.99. The van der Waals surface area contributed by atoms with Gasteiger partial charge in [-0.25, -0.2) is 4.57 Å². The molecule has 4 rings (SSSR count). The van der Waals surface area contributed by atoms with Gasteiger partial charge in [-0.2, -0.15) is 5.11 Å². The molecule has 0 fully saturated rings. The van der Waals surface area contributed by atoms with Gasteiger partial charge in [-0.15, -0.1) is 5.11 Å². The van der Waals surface area contributed by atoms with Crippen molar-refractivity contribution in [3.8, 4) is 0 Å². The maximum atomic E-state index is 4.48. The van der Waals surface area contributed by atoms with Gasteiger partial charge >= 0.3 is 0 Å². The second-order valence-corrected chi connectivity index (χ2v) is 6.23. The van der Waals surface area contributed by atoms with E-state index in [2.05, 4.69) is 27.3 Å². The minimum absolute atomic E-state index is 0.887. The summed E-state index contributed by atoms with van der Waals surface area (Å²) in [5.74, 6) is 0. The van der Waals surface area contributed by atoms with Crippen molar-refractivity contribution in [3.05, 3.63) is 47.8 Å². The normalized spacial score (nSPS) is 16.9. The highest BCUT2D eigenvalue weighted by molar-refractivity contribution is 5.67. The summed E-state index contributed by atoms with van der Waals surface area (Å²) in [6, 6.07) is 8.42. The minimum atomic E-state index is 0.887. The van der Waals surface area contributed by atoms with Crippen LogP contribution in [-0.2, 0) is 19.9 Å². The van der Waals surface area contributed by atoms with Crippen molar-refractivity contribution in [2.45, 2.75) is 25.7 Å². The Morgan fingerprint density at radius 3 is 2.36 bits per heavy atom. The Hall–Kier alpha value is -2.23. The van der Waals surface area contributed by atoms with Gasteiger partial charge in [0.1, 0.15) is 12.7 Å². The third-order valence-electron chi connectivity index (χ3n) is 4.52. The minimum Gasteiger partial charge on any atom is -0.371 e. The summed E-state index contributed by atoms with van der Waals surface area (Å²) in [5.41, 5.74) is 6.27. The van der Waals surface area contributed by atoms with Crippen LogP contribution in [0.4, 0.5) is 17.1 Å². The van der Waals surface area contributed by atoms with E-state index in [1.807, 2.05) is 36.1 Å². The smallest absolute Gasteiger partial charge is 0.196 e. The molecule has 0 spiro atoms. The molecule has 0 radical (unpaired) electrons. The van der Waals surface area contributed by atoms with E-state index in [-0.39, 0.29) is 0 Å². The first-order valence-corrected chi connectivity index (χ1v) is 8.07. The van der Waals surface area contributed by atoms with E-state index in [1.165, 1.54) is 55.6 Å². The average molecular weight is 293 g/mol. The number of aryl methyl sites for hydroxylation is 3. The van der Waals surface area contributed by atoms with Crippen molar-refractivity contribution in [1.82, 2.24) is 0 Å². The standard InChI is InChI=1S/C18H21N4/c1-21-8-4-7-16(13-21)19-20-17-11-14-5-2-9-22-10-3-6-15(12-17)18(14)22/h4,7-8,11-13H,2-3,5-6,9-10H2,1H3/q+1/b20-19+. The number of rotatable bonds is 2. The molecular weight excluding hydrogens is 272 g/mol. The molecule has 2 aliphatic rings. The van der Waals surface area contributed by atoms with Gasteiger partial charge in [0.2, 0.25) is 0 Å². The third-order valence-corrected chi connectivity index (χ3v) is 4.52. The number of benzene rings is 1. The van der Waals surface area contributed by atoms with Crippen LogP contribution in [0.5, 0.6) is 0 Å². The van der Waals surface area contributed by atoms with E-state index in [1.54, 1.807) is 0 Å². The predicted molar refractivity (Wildman–Crippen MR) is 87.1 cm³/mol. The molecule has 0 aliphatic carbocycles. The van der Waals surface area contributed by atoms with E-state index in [0.717, 1.165) is 11.4 Å². The molecule has 0 saturated carbocycles. The van der Waals surface area contributed by atoms with Gasteiger partial charge in [0, 0.05) is 24.8 Å². The Morgan fingerprint density at radius 2 is 1.68 bits per heavy atom. The zero-order valence-corrected chi connectivity index (χ0v) is 13.0. The van der Waals surface area contributed by atoms with Crippen molar-refractivity contribution >= 4 is 17.1 Å². The highest BCUT2D eigenvalue weighted by Crippen LogP contribution is 2.38. The van der Waals surface area contributed by atoms with Crippen LogP contribution in [0.25, 0.3) is 0 Å². The summed E-state index contributed by atoms with van der Waals surface area (Å²) in [7, 11) is 2.00. The Morgan fingerprint density at radius 1 is 1.00 bits per heavy atom. The van der Waals surface area contributed by atoms with Gasteiger partial charge in [0.15, 0.2) is 12.4 Å². The molecule has 1 aromatic carbocycles. The Labute approximate surface area is 131 Å². The molecular formula is C18H21N4+. The number of aromatic nitrogens is 1. The Bertz CT molecular complexity index is 705. The summed E-state index contributed by atoms with van der Waals surface area (Å²) in [6.07, 6.45) is 8.82. The highest BCUT2D eigenvalue weighted by Gasteiger charge is 2.24. The number of anilines is 1. The van der Waals surface area contributed by atoms with E-state index in [4.69, 9.17) is 0 Å². The van der Waals surface area contributed by atoms with Crippen molar-refractivity contribution < 1.29 is 4.57 Å². The van der Waals surface area contributed by atoms with Gasteiger partial charge in [0.25, 0.3) is 0 Å². The first-order valence-electron chi connectivity index (χ1n) is 8.07. The first kappa shape index (κ1) is 13.4. The Kier molecular flexibility index (Phi) is 3.37. The van der Waals surface area contributed by atoms with E-state index < -0.39 is 0 Å². The maximum absolute atomic E-state index is 4.48. The first-order chi connectivity index (χ1) is 10.8. The highest BCUT2D eigenvalue weighted by atomic mass is 15.1. The predicted octanol–water partition coefficient (Wildman–Crippen LogP) is 3.63. The summed E-state index contributed by atoms with van der Waals surface area (Å²) >= 11 is 0. The van der Waals surface area contributed by atoms with Gasteiger partial charge in [-0.05, 0) is 55.0 Å². The average Bonchev–Trinajstić information content (AvgIpc) is 2.54. The summed E-state index contributed by atoms with van der Waals surface area (Å²) in [4.78, 5) is 2.55. The van der Waals surface area contributed by atoms with Gasteiger partial charge in [-0.1, -0.05) is 0 Å². The Balaban J connectivity index is 1.68. The molecule has 0 unspecified atom stereocenters. The van der Waals surface area contributed by atoms with Gasteiger partial charge in [-0.3, -0.25) is 0 Å². The van der Waals surface area contributed by atoms with Crippen LogP contribution < -0.4 is 9.47 Å². The van der Waals surface area contributed by atoms with Crippen LogP contribution >= 0.6 is 0 Å². The second-order valence-electron chi connectivity index (χ2n) is 6.23. The van der Waals surface area contributed by atoms with E-state index >= 15 is 0 Å². The molecule has 0 amide bonds. The van der Waals surface area contributed by atoms with Gasteiger partial charge in [0.05, 0.1) is 5.69 Å². The van der Waals surface area contributed by atoms with Crippen molar-refractivity contribution in [1.29, 1.82) is 0 Å². The lowest BCUT2D eigenvalue weighted by Gasteiger charge is -2.36. The molecule has 3 heterocycles. The monoisotopic (exact) mass is 293 g/mol. The molecule has 4 nitrogen and oxygen atoms in total. The lowest BCUT2D eigenvalue weighted by molar-refractivity contribution is -0.670. The third kappa shape index (κ3) is 2.49. The molecule has 0 saturated heterocycles. The van der Waals surface area contributed by atoms with Crippen LogP contribution in [0, 0.1) is 0 Å². The van der Waals surface area contributed by atoms with Crippen LogP contribution in [0.3, 0.4) is 0 Å². The molecule has 0 N–H and O–H groups in total. The quantitative estimate of drug-likeness (QED) is 0.614. The molecule has 0 bridgehead atoms. The molecule has 22 heavy (non-hydrogen) atoms. The lowest BCUT2D eigenvalue weighted by Crippen LogP contribution is -2.34. The number of nitrogens with zero attached hydrogens (tertiary/aromatic N) is 4. The van der Waals surface area contributed by atoms with Gasteiger partial charge < -0.3 is 4.90 Å². The summed E-state index contributed by atoms with van der Waals surface area (Å²) in [6.45, 7) is 2.42. The largest absolute Gasteiger partial charge is 0.371 e. The fourth-order valence-corrected chi connectivity index (χ4v) is 3.59. The number of azo groups is 1. The van der Waals surface area contributed by atoms with Crippen LogP contribution in [0.1, 0.15) is 24.0 Å². The molecule has 112 valence electrons. The molecule has 2 aliphatic heterocycles. The molecule has 4 heteroatoms. The maximum Gasteiger partial charge on any atom is 0.196 e. The lowest BCUT2D eigenvalue weighted by atomic mass is 9.91. The zero-order valence-electron chi connectivity index (χ0n) is 13.0. The second kappa shape index (κ2) is 5.52. The fourth-order valence-electron chi connectivity index (χ4n) is 3.59. The van der Waals surface area contributed by atoms with Crippen molar-refractivity contribution in [3.63, 3.8) is 0 Å². The van der Waals surface area contributed by atoms with Crippen LogP contribution in [0.2, 0.25) is 0 Å². The van der Waals surface area contributed by atoms with Crippen molar-refractivity contribution in [2.24, 2.45) is 17.3 Å².